The third kappa shape index (κ3) is 5.88. The van der Waals surface area contributed by atoms with Gasteiger partial charge in [-0.25, -0.2) is 0 Å². The molecule has 0 aliphatic rings. The smallest absolute Gasteiger partial charge is 0.253 e. The first-order valence-electron chi connectivity index (χ1n) is 9.14. The van der Waals surface area contributed by atoms with Crippen molar-refractivity contribution in [1.82, 2.24) is 4.90 Å². The van der Waals surface area contributed by atoms with Gasteiger partial charge in [-0.1, -0.05) is 44.2 Å². The van der Waals surface area contributed by atoms with Crippen LogP contribution in [-0.2, 0) is 17.9 Å². The van der Waals surface area contributed by atoms with E-state index in [-0.39, 0.29) is 5.91 Å². The van der Waals surface area contributed by atoms with Crippen LogP contribution in [0.25, 0.3) is 0 Å². The maximum absolute atomic E-state index is 12.8. The maximum atomic E-state index is 12.8. The maximum Gasteiger partial charge on any atom is 0.253 e. The first-order chi connectivity index (χ1) is 12.5. The summed E-state index contributed by atoms with van der Waals surface area (Å²) in [4.78, 5) is 14.5. The Labute approximate surface area is 156 Å². The Hall–Kier alpha value is -2.33. The third-order valence-electron chi connectivity index (χ3n) is 3.93. The second-order valence-corrected chi connectivity index (χ2v) is 6.81. The van der Waals surface area contributed by atoms with E-state index in [1.54, 1.807) is 4.90 Å². The number of rotatable bonds is 9. The van der Waals surface area contributed by atoms with Crippen LogP contribution in [-0.4, -0.2) is 31.1 Å². The highest BCUT2D eigenvalue weighted by Crippen LogP contribution is 2.23. The molecule has 0 heterocycles. The van der Waals surface area contributed by atoms with Gasteiger partial charge in [-0.3, -0.25) is 4.79 Å². The van der Waals surface area contributed by atoms with Gasteiger partial charge in [0.15, 0.2) is 0 Å². The fraction of sp³-hybridized carbons (Fsp3) is 0.409. The van der Waals surface area contributed by atoms with Crippen molar-refractivity contribution < 1.29 is 14.3 Å². The average molecular weight is 355 g/mol. The molecule has 2 aromatic rings. The van der Waals surface area contributed by atoms with Gasteiger partial charge in [0.2, 0.25) is 0 Å². The molecule has 0 fully saturated rings. The summed E-state index contributed by atoms with van der Waals surface area (Å²) in [7, 11) is 1.82. The first-order valence-corrected chi connectivity index (χ1v) is 9.14. The molecule has 0 saturated heterocycles. The first kappa shape index (κ1) is 20.0. The van der Waals surface area contributed by atoms with Crippen LogP contribution < -0.4 is 4.74 Å². The molecule has 0 unspecified atom stereocenters. The highest BCUT2D eigenvalue weighted by molar-refractivity contribution is 5.94. The lowest BCUT2D eigenvalue weighted by molar-refractivity contribution is 0.0783. The molecule has 1 amide bonds. The molecule has 0 atom stereocenters. The lowest BCUT2D eigenvalue weighted by atomic mass is 10.1. The van der Waals surface area contributed by atoms with Gasteiger partial charge in [-0.05, 0) is 36.6 Å². The van der Waals surface area contributed by atoms with E-state index in [1.807, 2.05) is 62.5 Å². The number of carbonyl (C=O) groups excluding carboxylic acids is 1. The molecule has 0 saturated carbocycles. The van der Waals surface area contributed by atoms with Crippen molar-refractivity contribution in [2.45, 2.75) is 33.9 Å². The molecule has 0 bridgehead atoms. The Morgan fingerprint density at radius 2 is 1.85 bits per heavy atom. The summed E-state index contributed by atoms with van der Waals surface area (Å²) in [6.45, 7) is 8.45. The van der Waals surface area contributed by atoms with Gasteiger partial charge in [0.05, 0.1) is 13.2 Å². The number of amides is 1. The Bertz CT molecular complexity index is 698. The van der Waals surface area contributed by atoms with Crippen LogP contribution in [0.15, 0.2) is 48.5 Å². The van der Waals surface area contributed by atoms with Crippen LogP contribution in [0.4, 0.5) is 0 Å². The molecule has 0 aromatic heterocycles. The molecular weight excluding hydrogens is 326 g/mol. The summed E-state index contributed by atoms with van der Waals surface area (Å²) in [5, 5.41) is 0. The second-order valence-electron chi connectivity index (χ2n) is 6.81. The molecule has 4 nitrogen and oxygen atoms in total. The zero-order valence-corrected chi connectivity index (χ0v) is 16.2. The van der Waals surface area contributed by atoms with Crippen LogP contribution in [0.1, 0.15) is 42.3 Å². The molecule has 0 aliphatic heterocycles. The van der Waals surface area contributed by atoms with E-state index in [9.17, 15) is 4.79 Å². The summed E-state index contributed by atoms with van der Waals surface area (Å²) >= 11 is 0. The summed E-state index contributed by atoms with van der Waals surface area (Å²) in [6, 6.07) is 15.5. The average Bonchev–Trinajstić information content (AvgIpc) is 2.63. The van der Waals surface area contributed by atoms with Crippen molar-refractivity contribution in [2.24, 2.45) is 5.92 Å². The lowest BCUT2D eigenvalue weighted by Gasteiger charge is -2.19. The Morgan fingerprint density at radius 1 is 1.12 bits per heavy atom. The van der Waals surface area contributed by atoms with Crippen molar-refractivity contribution in [2.75, 3.05) is 20.3 Å². The standard InChI is InChI=1S/C22H29NO3/c1-5-26-21-12-11-19(13-20(21)16-25-15-17(2)3)22(24)23(4)14-18-9-7-6-8-10-18/h6-13,17H,5,14-16H2,1-4H3. The van der Waals surface area contributed by atoms with Crippen molar-refractivity contribution >= 4 is 5.91 Å². The molecule has 0 N–H and O–H groups in total. The number of ether oxygens (including phenoxy) is 2. The molecule has 0 spiro atoms. The zero-order valence-electron chi connectivity index (χ0n) is 16.2. The van der Waals surface area contributed by atoms with Crippen molar-refractivity contribution in [3.8, 4) is 5.75 Å². The van der Waals surface area contributed by atoms with Crippen molar-refractivity contribution in [3.63, 3.8) is 0 Å². The fourth-order valence-electron chi connectivity index (χ4n) is 2.68. The van der Waals surface area contributed by atoms with Gasteiger partial charge in [0.1, 0.15) is 5.75 Å². The van der Waals surface area contributed by atoms with Crippen molar-refractivity contribution in [1.29, 1.82) is 0 Å². The predicted octanol–water partition coefficient (Wildman–Crippen LogP) is 4.53. The SMILES string of the molecule is CCOc1ccc(C(=O)N(C)Cc2ccccc2)cc1COCC(C)C. The monoisotopic (exact) mass is 355 g/mol. The minimum Gasteiger partial charge on any atom is -0.494 e. The van der Waals surface area contributed by atoms with Crippen LogP contribution in [0, 0.1) is 5.92 Å². The van der Waals surface area contributed by atoms with E-state index >= 15 is 0 Å². The van der Waals surface area contributed by atoms with Gasteiger partial charge in [0.25, 0.3) is 5.91 Å². The van der Waals surface area contributed by atoms with Crippen LogP contribution in [0.5, 0.6) is 5.75 Å². The zero-order chi connectivity index (χ0) is 18.9. The summed E-state index contributed by atoms with van der Waals surface area (Å²) in [6.07, 6.45) is 0. The van der Waals surface area contributed by atoms with Gasteiger partial charge in [-0.2, -0.15) is 0 Å². The van der Waals surface area contributed by atoms with E-state index in [0.29, 0.717) is 37.8 Å². The summed E-state index contributed by atoms with van der Waals surface area (Å²) in [5.41, 5.74) is 2.66. The van der Waals surface area contributed by atoms with E-state index in [4.69, 9.17) is 9.47 Å². The number of nitrogens with zero attached hydrogens (tertiary/aromatic N) is 1. The Morgan fingerprint density at radius 3 is 2.50 bits per heavy atom. The molecule has 140 valence electrons. The minimum absolute atomic E-state index is 0.0120. The Balaban J connectivity index is 2.12. The fourth-order valence-corrected chi connectivity index (χ4v) is 2.68. The number of hydrogen-bond acceptors (Lipinski definition) is 3. The van der Waals surface area contributed by atoms with E-state index in [1.165, 1.54) is 0 Å². The van der Waals surface area contributed by atoms with Crippen LogP contribution in [0.3, 0.4) is 0 Å². The molecule has 2 rings (SSSR count). The topological polar surface area (TPSA) is 38.8 Å². The molecule has 0 radical (unpaired) electrons. The minimum atomic E-state index is -0.0120. The highest BCUT2D eigenvalue weighted by Gasteiger charge is 2.15. The summed E-state index contributed by atoms with van der Waals surface area (Å²) in [5.74, 6) is 1.23. The number of benzene rings is 2. The predicted molar refractivity (Wildman–Crippen MR) is 104 cm³/mol. The second kappa shape index (κ2) is 9.97. The van der Waals surface area contributed by atoms with Crippen LogP contribution >= 0.6 is 0 Å². The van der Waals surface area contributed by atoms with E-state index in [0.717, 1.165) is 16.9 Å². The Kier molecular flexibility index (Phi) is 7.67. The summed E-state index contributed by atoms with van der Waals surface area (Å²) < 4.78 is 11.4. The van der Waals surface area contributed by atoms with Crippen molar-refractivity contribution in [3.05, 3.63) is 65.2 Å². The molecule has 26 heavy (non-hydrogen) atoms. The van der Waals surface area contributed by atoms with E-state index in [2.05, 4.69) is 13.8 Å². The van der Waals surface area contributed by atoms with E-state index < -0.39 is 0 Å². The van der Waals surface area contributed by atoms with Gasteiger partial charge >= 0.3 is 0 Å². The third-order valence-corrected chi connectivity index (χ3v) is 3.93. The van der Waals surface area contributed by atoms with Gasteiger partial charge in [-0.15, -0.1) is 0 Å². The van der Waals surface area contributed by atoms with Gasteiger partial charge < -0.3 is 14.4 Å². The number of hydrogen-bond donors (Lipinski definition) is 0. The molecule has 0 aliphatic carbocycles. The highest BCUT2D eigenvalue weighted by atomic mass is 16.5. The molecule has 2 aromatic carbocycles. The normalized spacial score (nSPS) is 10.8. The largest absolute Gasteiger partial charge is 0.494 e. The lowest BCUT2D eigenvalue weighted by Crippen LogP contribution is -2.26. The van der Waals surface area contributed by atoms with Crippen LogP contribution in [0.2, 0.25) is 0 Å². The molecular formula is C22H29NO3. The van der Waals surface area contributed by atoms with Gasteiger partial charge in [0, 0.05) is 31.3 Å². The number of carbonyl (C=O) groups is 1. The quantitative estimate of drug-likeness (QED) is 0.663. The molecule has 4 heteroatoms.